The summed E-state index contributed by atoms with van der Waals surface area (Å²) < 4.78 is 7.25. The van der Waals surface area contributed by atoms with Gasteiger partial charge in [-0.15, -0.1) is 11.3 Å². The van der Waals surface area contributed by atoms with E-state index in [-0.39, 0.29) is 0 Å². The van der Waals surface area contributed by atoms with Crippen LogP contribution >= 0.6 is 34.5 Å². The molecule has 0 radical (unpaired) electrons. The first kappa shape index (κ1) is 10.1. The van der Waals surface area contributed by atoms with Crippen LogP contribution in [0.15, 0.2) is 18.2 Å². The fourth-order valence-electron chi connectivity index (χ4n) is 1.30. The minimum Gasteiger partial charge on any atom is -0.491 e. The number of benzene rings is 1. The summed E-state index contributed by atoms with van der Waals surface area (Å²) in [6, 6.07) is 5.70. The number of hydrogen-bond acceptors (Lipinski definition) is 2. The number of hydrogen-bond donors (Lipinski definition) is 0. The normalized spacial score (nSPS) is 10.8. The summed E-state index contributed by atoms with van der Waals surface area (Å²) in [5, 5.41) is 1.71. The van der Waals surface area contributed by atoms with Gasteiger partial charge in [0.1, 0.15) is 0 Å². The zero-order chi connectivity index (χ0) is 10.1. The molecule has 0 spiro atoms. The molecule has 0 bridgehead atoms. The summed E-state index contributed by atoms with van der Waals surface area (Å²) in [7, 11) is 0. The average Bonchev–Trinajstić information content (AvgIpc) is 2.51. The zero-order valence-electron chi connectivity index (χ0n) is 7.51. The predicted octanol–water partition coefficient (Wildman–Crippen LogP) is 4.61. The summed E-state index contributed by atoms with van der Waals surface area (Å²) in [5.41, 5.74) is 0. The fourth-order valence-corrected chi connectivity index (χ4v) is 2.81. The monoisotopic (exact) mass is 246 g/mol. The van der Waals surface area contributed by atoms with Crippen molar-refractivity contribution in [3.05, 3.63) is 27.6 Å². The minimum absolute atomic E-state index is 0.606. The molecule has 1 aromatic heterocycles. The molecule has 0 aliphatic carbocycles. The first-order valence-electron chi connectivity index (χ1n) is 4.22. The van der Waals surface area contributed by atoms with Gasteiger partial charge in [-0.1, -0.05) is 29.3 Å². The molecule has 1 aromatic carbocycles. The standard InChI is InChI=1S/C10H8Cl2OS/c1-2-13-9-7(11)4-3-6-5-8(12)14-10(6)9/h3-5H,2H2,1H3. The number of halogens is 2. The van der Waals surface area contributed by atoms with Crippen LogP contribution < -0.4 is 4.74 Å². The van der Waals surface area contributed by atoms with Crippen molar-refractivity contribution < 1.29 is 4.74 Å². The minimum atomic E-state index is 0.606. The molecule has 0 aliphatic heterocycles. The molecule has 0 saturated carbocycles. The maximum absolute atomic E-state index is 6.03. The molecular weight excluding hydrogens is 239 g/mol. The lowest BCUT2D eigenvalue weighted by Gasteiger charge is -2.05. The summed E-state index contributed by atoms with van der Waals surface area (Å²) in [4.78, 5) is 0. The summed E-state index contributed by atoms with van der Waals surface area (Å²) in [6.07, 6.45) is 0. The fraction of sp³-hybridized carbons (Fsp3) is 0.200. The van der Waals surface area contributed by atoms with Crippen LogP contribution in [0.3, 0.4) is 0 Å². The second-order valence-electron chi connectivity index (χ2n) is 2.78. The van der Waals surface area contributed by atoms with Crippen LogP contribution in [-0.4, -0.2) is 6.61 Å². The Bertz CT molecular complexity index is 464. The first-order valence-corrected chi connectivity index (χ1v) is 5.80. The van der Waals surface area contributed by atoms with E-state index in [0.717, 1.165) is 20.2 Å². The van der Waals surface area contributed by atoms with E-state index < -0.39 is 0 Å². The van der Waals surface area contributed by atoms with Gasteiger partial charge in [-0.2, -0.15) is 0 Å². The van der Waals surface area contributed by atoms with Gasteiger partial charge < -0.3 is 4.74 Å². The van der Waals surface area contributed by atoms with Crippen LogP contribution in [0.1, 0.15) is 6.92 Å². The Morgan fingerprint density at radius 2 is 2.14 bits per heavy atom. The van der Waals surface area contributed by atoms with Gasteiger partial charge in [0.25, 0.3) is 0 Å². The maximum atomic E-state index is 6.03. The van der Waals surface area contributed by atoms with E-state index in [1.807, 2.05) is 25.1 Å². The predicted molar refractivity (Wildman–Crippen MR) is 63.0 cm³/mol. The Kier molecular flexibility index (Phi) is 2.86. The number of rotatable bonds is 2. The van der Waals surface area contributed by atoms with E-state index in [4.69, 9.17) is 27.9 Å². The third-order valence-electron chi connectivity index (χ3n) is 1.85. The highest BCUT2D eigenvalue weighted by Gasteiger charge is 2.09. The zero-order valence-corrected chi connectivity index (χ0v) is 9.84. The molecule has 0 atom stereocenters. The Balaban J connectivity index is 2.68. The molecule has 1 nitrogen and oxygen atoms in total. The molecule has 1 heterocycles. The van der Waals surface area contributed by atoms with Gasteiger partial charge in [-0.3, -0.25) is 0 Å². The molecule has 0 aliphatic rings. The van der Waals surface area contributed by atoms with Crippen LogP contribution in [0.2, 0.25) is 9.36 Å². The Morgan fingerprint density at radius 1 is 1.36 bits per heavy atom. The van der Waals surface area contributed by atoms with Gasteiger partial charge in [0, 0.05) is 0 Å². The third-order valence-corrected chi connectivity index (χ3v) is 3.43. The Morgan fingerprint density at radius 3 is 2.86 bits per heavy atom. The van der Waals surface area contributed by atoms with Crippen molar-refractivity contribution in [3.63, 3.8) is 0 Å². The Labute approximate surface area is 96.2 Å². The van der Waals surface area contributed by atoms with Gasteiger partial charge in [0.05, 0.1) is 20.7 Å². The number of fused-ring (bicyclic) bond motifs is 1. The molecule has 14 heavy (non-hydrogen) atoms. The lowest BCUT2D eigenvalue weighted by molar-refractivity contribution is 0.345. The van der Waals surface area contributed by atoms with E-state index in [0.29, 0.717) is 11.6 Å². The molecule has 2 aromatic rings. The van der Waals surface area contributed by atoms with Gasteiger partial charge >= 0.3 is 0 Å². The van der Waals surface area contributed by atoms with Gasteiger partial charge in [-0.25, -0.2) is 0 Å². The first-order chi connectivity index (χ1) is 6.72. The third kappa shape index (κ3) is 1.70. The Hall–Kier alpha value is -0.440. The van der Waals surface area contributed by atoms with Gasteiger partial charge in [0.15, 0.2) is 5.75 Å². The van der Waals surface area contributed by atoms with E-state index in [1.54, 1.807) is 0 Å². The molecule has 0 fully saturated rings. The average molecular weight is 247 g/mol. The van der Waals surface area contributed by atoms with Crippen molar-refractivity contribution in [1.29, 1.82) is 0 Å². The molecule has 2 rings (SSSR count). The van der Waals surface area contributed by atoms with E-state index in [2.05, 4.69) is 0 Å². The highest BCUT2D eigenvalue weighted by molar-refractivity contribution is 7.23. The summed E-state index contributed by atoms with van der Waals surface area (Å²) in [6.45, 7) is 2.54. The highest BCUT2D eigenvalue weighted by atomic mass is 35.5. The van der Waals surface area contributed by atoms with Crippen LogP contribution in [-0.2, 0) is 0 Å². The summed E-state index contributed by atoms with van der Waals surface area (Å²) >= 11 is 13.4. The second-order valence-corrected chi connectivity index (χ2v) is 4.87. The van der Waals surface area contributed by atoms with E-state index in [9.17, 15) is 0 Å². The van der Waals surface area contributed by atoms with Crippen molar-refractivity contribution in [1.82, 2.24) is 0 Å². The molecule has 74 valence electrons. The van der Waals surface area contributed by atoms with Crippen molar-refractivity contribution in [2.24, 2.45) is 0 Å². The molecule has 0 saturated heterocycles. The summed E-state index contributed by atoms with van der Waals surface area (Å²) in [5.74, 6) is 0.739. The molecular formula is C10H8Cl2OS. The van der Waals surface area contributed by atoms with Crippen molar-refractivity contribution in [3.8, 4) is 5.75 Å². The lowest BCUT2D eigenvalue weighted by Crippen LogP contribution is -1.91. The molecule has 0 N–H and O–H groups in total. The SMILES string of the molecule is CCOc1c(Cl)ccc2cc(Cl)sc12. The van der Waals surface area contributed by atoms with Crippen molar-refractivity contribution in [2.75, 3.05) is 6.61 Å². The highest BCUT2D eigenvalue weighted by Crippen LogP contribution is 2.40. The van der Waals surface area contributed by atoms with Crippen molar-refractivity contribution >= 4 is 44.6 Å². The second kappa shape index (κ2) is 3.97. The van der Waals surface area contributed by atoms with Crippen LogP contribution in [0.4, 0.5) is 0 Å². The van der Waals surface area contributed by atoms with Crippen molar-refractivity contribution in [2.45, 2.75) is 6.92 Å². The molecule has 0 unspecified atom stereocenters. The maximum Gasteiger partial charge on any atom is 0.155 e. The van der Waals surface area contributed by atoms with Crippen LogP contribution in [0.25, 0.3) is 10.1 Å². The molecule has 4 heteroatoms. The van der Waals surface area contributed by atoms with E-state index >= 15 is 0 Å². The van der Waals surface area contributed by atoms with E-state index in [1.165, 1.54) is 11.3 Å². The van der Waals surface area contributed by atoms with Gasteiger partial charge in [0.2, 0.25) is 0 Å². The smallest absolute Gasteiger partial charge is 0.155 e. The number of thiophene rings is 1. The van der Waals surface area contributed by atoms with Gasteiger partial charge in [-0.05, 0) is 24.4 Å². The topological polar surface area (TPSA) is 9.23 Å². The lowest BCUT2D eigenvalue weighted by atomic mass is 10.2. The quantitative estimate of drug-likeness (QED) is 0.753. The molecule has 0 amide bonds. The van der Waals surface area contributed by atoms with Crippen LogP contribution in [0, 0.1) is 0 Å². The van der Waals surface area contributed by atoms with Crippen LogP contribution in [0.5, 0.6) is 5.75 Å². The number of ether oxygens (including phenoxy) is 1. The largest absolute Gasteiger partial charge is 0.491 e.